The molecule has 0 N–H and O–H groups in total. The second-order valence-electron chi connectivity index (χ2n) is 8.48. The van der Waals surface area contributed by atoms with E-state index < -0.39 is 33.7 Å². The van der Waals surface area contributed by atoms with Gasteiger partial charge in [-0.25, -0.2) is 0 Å². The van der Waals surface area contributed by atoms with E-state index in [1.807, 2.05) is 0 Å². The van der Waals surface area contributed by atoms with Gasteiger partial charge in [0.25, 0.3) is 8.80 Å². The lowest BCUT2D eigenvalue weighted by molar-refractivity contribution is 0.417. The Hall–Kier alpha value is -0.512. The Bertz CT molecular complexity index is 373. The van der Waals surface area contributed by atoms with Crippen LogP contribution in [0, 0.1) is 0 Å². The molecule has 128 valence electrons. The lowest BCUT2D eigenvalue weighted by Gasteiger charge is -2.33. The molecule has 7 heteroatoms. The van der Waals surface area contributed by atoms with E-state index in [0.717, 1.165) is 16.1 Å². The summed E-state index contributed by atoms with van der Waals surface area (Å²) in [4.78, 5) is 0. The molecular formula is C15H34O3Si4. The van der Waals surface area contributed by atoms with Crippen molar-refractivity contribution in [1.82, 2.24) is 0 Å². The molecule has 0 aromatic heterocycles. The zero-order valence-electron chi connectivity index (χ0n) is 15.9. The molecule has 0 unspecified atom stereocenters. The van der Waals surface area contributed by atoms with Gasteiger partial charge in [0.1, 0.15) is 0 Å². The van der Waals surface area contributed by atoms with Gasteiger partial charge in [0.15, 0.2) is 0 Å². The highest BCUT2D eigenvalue weighted by Crippen LogP contribution is 2.25. The highest BCUT2D eigenvalue weighted by atomic mass is 28.4. The molecule has 0 aliphatic heterocycles. The molecule has 0 bridgehead atoms. The van der Waals surface area contributed by atoms with Crippen LogP contribution in [0.4, 0.5) is 0 Å². The van der Waals surface area contributed by atoms with Crippen molar-refractivity contribution in [2.24, 2.45) is 0 Å². The minimum Gasteiger partial charge on any atom is -0.551 e. The van der Waals surface area contributed by atoms with E-state index in [1.54, 1.807) is 0 Å². The largest absolute Gasteiger partial charge is 0.551 e. The smallest absolute Gasteiger partial charge is 0.252 e. The first-order chi connectivity index (χ1) is 9.52. The maximum Gasteiger partial charge on any atom is 0.252 e. The fourth-order valence-corrected chi connectivity index (χ4v) is 9.93. The maximum absolute atomic E-state index is 6.13. The van der Waals surface area contributed by atoms with Gasteiger partial charge in [-0.15, -0.1) is 0 Å². The highest BCUT2D eigenvalue weighted by molar-refractivity contribution is 6.83. The van der Waals surface area contributed by atoms with Gasteiger partial charge in [0, 0.05) is 0 Å². The lowest BCUT2D eigenvalue weighted by Crippen LogP contribution is -2.39. The summed E-state index contributed by atoms with van der Waals surface area (Å²) in [5, 5.41) is 2.31. The first-order valence-corrected chi connectivity index (χ1v) is 19.6. The van der Waals surface area contributed by atoms with Crippen LogP contribution in [0.15, 0.2) is 35.9 Å². The molecule has 0 rings (SSSR count). The van der Waals surface area contributed by atoms with E-state index in [0.29, 0.717) is 0 Å². The molecule has 0 radical (unpaired) electrons. The second kappa shape index (κ2) is 7.37. The second-order valence-corrected chi connectivity index (χ2v) is 24.6. The summed E-state index contributed by atoms with van der Waals surface area (Å²) in [6, 6.07) is 0. The fourth-order valence-electron chi connectivity index (χ4n) is 1.90. The Morgan fingerprint density at radius 2 is 0.727 bits per heavy atom. The first kappa shape index (κ1) is 21.5. The van der Waals surface area contributed by atoms with Crippen molar-refractivity contribution in [2.45, 2.75) is 58.9 Å². The average Bonchev–Trinajstić information content (AvgIpc) is 2.06. The van der Waals surface area contributed by atoms with Crippen molar-refractivity contribution < 1.29 is 13.3 Å². The minimum atomic E-state index is -1.96. The molecule has 0 saturated carbocycles. The van der Waals surface area contributed by atoms with Crippen molar-refractivity contribution in [3.8, 4) is 0 Å². The van der Waals surface area contributed by atoms with Gasteiger partial charge in [-0.1, -0.05) is 19.7 Å². The molecule has 0 fully saturated rings. The van der Waals surface area contributed by atoms with Crippen LogP contribution >= 0.6 is 0 Å². The summed E-state index contributed by atoms with van der Waals surface area (Å²) >= 11 is 0. The van der Waals surface area contributed by atoms with E-state index in [2.05, 4.69) is 78.7 Å². The quantitative estimate of drug-likeness (QED) is 0.423. The summed E-state index contributed by atoms with van der Waals surface area (Å²) < 4.78 is 18.4. The van der Waals surface area contributed by atoms with Gasteiger partial charge in [0.05, 0.1) is 16.1 Å². The molecule has 22 heavy (non-hydrogen) atoms. The predicted molar refractivity (Wildman–Crippen MR) is 108 cm³/mol. The molecule has 0 spiro atoms. The molecular weight excluding hydrogens is 341 g/mol. The third-order valence-electron chi connectivity index (χ3n) is 2.28. The molecule has 0 atom stereocenters. The Kier molecular flexibility index (Phi) is 7.20. The van der Waals surface area contributed by atoms with E-state index in [-0.39, 0.29) is 0 Å². The Morgan fingerprint density at radius 3 is 0.864 bits per heavy atom. The SMILES string of the molecule is C=C(O[Si](C)(C)C)[SiH](C(=C)O[Si](C)(C)C)C(=C)O[Si](C)(C)C. The molecule has 0 saturated heterocycles. The van der Waals surface area contributed by atoms with Gasteiger partial charge in [0.2, 0.25) is 25.0 Å². The topological polar surface area (TPSA) is 27.7 Å². The molecule has 0 heterocycles. The van der Waals surface area contributed by atoms with Crippen LogP contribution in [-0.2, 0) is 13.3 Å². The maximum atomic E-state index is 6.13. The van der Waals surface area contributed by atoms with Crippen LogP contribution in [0.25, 0.3) is 0 Å². The monoisotopic (exact) mass is 374 g/mol. The van der Waals surface area contributed by atoms with Crippen LogP contribution in [0.2, 0.25) is 58.9 Å². The van der Waals surface area contributed by atoms with E-state index >= 15 is 0 Å². The van der Waals surface area contributed by atoms with Crippen molar-refractivity contribution in [1.29, 1.82) is 0 Å². The fraction of sp³-hybridized carbons (Fsp3) is 0.600. The van der Waals surface area contributed by atoms with Crippen molar-refractivity contribution >= 4 is 33.7 Å². The van der Waals surface area contributed by atoms with Gasteiger partial charge < -0.3 is 13.3 Å². The zero-order chi connectivity index (χ0) is 17.9. The molecule has 0 aliphatic carbocycles. The molecule has 3 nitrogen and oxygen atoms in total. The van der Waals surface area contributed by atoms with Crippen molar-refractivity contribution in [2.75, 3.05) is 0 Å². The van der Waals surface area contributed by atoms with Crippen molar-refractivity contribution in [3.05, 3.63) is 35.9 Å². The molecule has 0 amide bonds. The lowest BCUT2D eigenvalue weighted by atomic mass is 11.1. The summed E-state index contributed by atoms with van der Waals surface area (Å²) in [5.74, 6) is 0. The van der Waals surface area contributed by atoms with E-state index in [1.165, 1.54) is 0 Å². The van der Waals surface area contributed by atoms with Crippen LogP contribution < -0.4 is 0 Å². The molecule has 0 aliphatic rings. The standard InChI is InChI=1S/C15H34O3Si4/c1-13(16-20(4,5)6)19(14(2)17-21(7,8)9)15(3)18-22(10,11)12/h19H,1-3H2,4-12H3. The van der Waals surface area contributed by atoms with Crippen LogP contribution in [0.5, 0.6) is 0 Å². The normalized spacial score (nSPS) is 12.8. The summed E-state index contributed by atoms with van der Waals surface area (Å²) in [6.45, 7) is 31.8. The van der Waals surface area contributed by atoms with Crippen LogP contribution in [0.1, 0.15) is 0 Å². The highest BCUT2D eigenvalue weighted by Gasteiger charge is 2.34. The van der Waals surface area contributed by atoms with Crippen LogP contribution in [0.3, 0.4) is 0 Å². The van der Waals surface area contributed by atoms with Gasteiger partial charge in [-0.2, -0.15) is 0 Å². The number of rotatable bonds is 9. The zero-order valence-corrected chi connectivity index (χ0v) is 20.1. The minimum absolute atomic E-state index is 0.769. The Morgan fingerprint density at radius 1 is 0.545 bits per heavy atom. The Labute approximate surface area is 142 Å². The first-order valence-electron chi connectivity index (χ1n) is 7.65. The van der Waals surface area contributed by atoms with Gasteiger partial charge >= 0.3 is 0 Å². The van der Waals surface area contributed by atoms with Crippen LogP contribution in [-0.4, -0.2) is 33.7 Å². The summed E-state index contributed by atoms with van der Waals surface area (Å²) in [7, 11) is -7.14. The summed E-state index contributed by atoms with van der Waals surface area (Å²) in [5.41, 5.74) is 0. The van der Waals surface area contributed by atoms with Crippen molar-refractivity contribution in [3.63, 3.8) is 0 Å². The molecule has 0 aromatic rings. The summed E-state index contributed by atoms with van der Waals surface area (Å²) in [6.07, 6.45) is 0. The Balaban J connectivity index is 5.36. The van der Waals surface area contributed by atoms with Gasteiger partial charge in [-0.05, 0) is 58.9 Å². The third kappa shape index (κ3) is 9.49. The van der Waals surface area contributed by atoms with E-state index in [4.69, 9.17) is 13.3 Å². The van der Waals surface area contributed by atoms with Gasteiger partial charge in [-0.3, -0.25) is 0 Å². The number of hydrogen-bond donors (Lipinski definition) is 0. The number of hydrogen-bond acceptors (Lipinski definition) is 3. The third-order valence-corrected chi connectivity index (χ3v) is 7.89. The van der Waals surface area contributed by atoms with E-state index in [9.17, 15) is 0 Å². The molecule has 0 aromatic carbocycles. The predicted octanol–water partition coefficient (Wildman–Crippen LogP) is 4.93. The average molecular weight is 375 g/mol.